The highest BCUT2D eigenvalue weighted by Crippen LogP contribution is 2.30. The number of ether oxygens (including phenoxy) is 1. The zero-order chi connectivity index (χ0) is 11.4. The van der Waals surface area contributed by atoms with Crippen molar-refractivity contribution in [3.8, 4) is 5.75 Å². The van der Waals surface area contributed by atoms with Crippen molar-refractivity contribution in [2.75, 3.05) is 7.11 Å². The van der Waals surface area contributed by atoms with Crippen LogP contribution in [-0.4, -0.2) is 7.11 Å². The zero-order valence-electron chi connectivity index (χ0n) is 9.87. The Balaban J connectivity index is 0.00000225. The first-order valence-corrected chi connectivity index (χ1v) is 5.57. The molecule has 1 rings (SSSR count). The van der Waals surface area contributed by atoms with Gasteiger partial charge in [0.25, 0.3) is 0 Å². The van der Waals surface area contributed by atoms with Gasteiger partial charge in [-0.25, -0.2) is 0 Å². The highest BCUT2D eigenvalue weighted by atomic mass is 35.5. The number of rotatable bonds is 4. The van der Waals surface area contributed by atoms with Crippen LogP contribution in [0.5, 0.6) is 5.75 Å². The van der Waals surface area contributed by atoms with Crippen LogP contribution >= 0.6 is 24.0 Å². The van der Waals surface area contributed by atoms with Crippen LogP contribution in [0, 0.1) is 5.92 Å². The molecule has 0 aromatic heterocycles. The van der Waals surface area contributed by atoms with Crippen LogP contribution in [0.1, 0.15) is 31.9 Å². The summed E-state index contributed by atoms with van der Waals surface area (Å²) in [5.74, 6) is 1.14. The molecule has 0 heterocycles. The molecular formula is C12H19Cl2NO. The topological polar surface area (TPSA) is 35.2 Å². The van der Waals surface area contributed by atoms with E-state index in [4.69, 9.17) is 22.1 Å². The second-order valence-corrected chi connectivity index (χ2v) is 4.21. The summed E-state index contributed by atoms with van der Waals surface area (Å²) in [6, 6.07) is 5.75. The van der Waals surface area contributed by atoms with Gasteiger partial charge < -0.3 is 10.5 Å². The molecule has 0 amide bonds. The highest BCUT2D eigenvalue weighted by molar-refractivity contribution is 6.32. The van der Waals surface area contributed by atoms with Crippen LogP contribution in [-0.2, 0) is 0 Å². The zero-order valence-corrected chi connectivity index (χ0v) is 11.4. The van der Waals surface area contributed by atoms with Gasteiger partial charge >= 0.3 is 0 Å². The van der Waals surface area contributed by atoms with Crippen LogP contribution in [0.25, 0.3) is 0 Å². The maximum absolute atomic E-state index is 6.12. The summed E-state index contributed by atoms with van der Waals surface area (Å²) in [6.45, 7) is 4.28. The molecule has 92 valence electrons. The van der Waals surface area contributed by atoms with E-state index in [0.29, 0.717) is 16.7 Å². The van der Waals surface area contributed by atoms with Crippen molar-refractivity contribution in [3.05, 3.63) is 28.8 Å². The van der Waals surface area contributed by atoms with E-state index < -0.39 is 0 Å². The number of hydrogen-bond donors (Lipinski definition) is 1. The Bertz CT molecular complexity index is 331. The summed E-state index contributed by atoms with van der Waals surface area (Å²) in [7, 11) is 1.61. The van der Waals surface area contributed by atoms with Crippen molar-refractivity contribution in [3.63, 3.8) is 0 Å². The van der Waals surface area contributed by atoms with E-state index in [2.05, 4.69) is 13.8 Å². The average molecular weight is 264 g/mol. The van der Waals surface area contributed by atoms with Gasteiger partial charge in [-0.15, -0.1) is 12.4 Å². The smallest absolute Gasteiger partial charge is 0.137 e. The fraction of sp³-hybridized carbons (Fsp3) is 0.500. The second kappa shape index (κ2) is 7.00. The molecule has 0 saturated carbocycles. The second-order valence-electron chi connectivity index (χ2n) is 3.81. The molecule has 0 bridgehead atoms. The van der Waals surface area contributed by atoms with Crippen LogP contribution in [0.15, 0.2) is 18.2 Å². The van der Waals surface area contributed by atoms with Crippen molar-refractivity contribution < 1.29 is 4.74 Å². The lowest BCUT2D eigenvalue weighted by atomic mass is 9.93. The van der Waals surface area contributed by atoms with E-state index in [1.54, 1.807) is 7.11 Å². The lowest BCUT2D eigenvalue weighted by Gasteiger charge is -2.19. The Morgan fingerprint density at radius 3 is 2.56 bits per heavy atom. The predicted molar refractivity (Wildman–Crippen MR) is 71.6 cm³/mol. The van der Waals surface area contributed by atoms with Gasteiger partial charge in [0, 0.05) is 6.04 Å². The lowest BCUT2D eigenvalue weighted by molar-refractivity contribution is 0.410. The van der Waals surface area contributed by atoms with E-state index in [1.165, 1.54) is 0 Å². The maximum atomic E-state index is 6.12. The van der Waals surface area contributed by atoms with Crippen molar-refractivity contribution in [2.45, 2.75) is 26.3 Å². The van der Waals surface area contributed by atoms with Crippen molar-refractivity contribution in [1.29, 1.82) is 0 Å². The first kappa shape index (κ1) is 15.6. The molecular weight excluding hydrogens is 245 g/mol. The summed E-state index contributed by atoms with van der Waals surface area (Å²) in [6.07, 6.45) is 1.06. The third kappa shape index (κ3) is 3.55. The van der Waals surface area contributed by atoms with Crippen molar-refractivity contribution >= 4 is 24.0 Å². The first-order chi connectivity index (χ1) is 7.10. The number of hydrogen-bond acceptors (Lipinski definition) is 2. The number of methoxy groups -OCH3 is 1. The molecule has 0 saturated heterocycles. The molecule has 0 aliphatic heterocycles. The van der Waals surface area contributed by atoms with E-state index >= 15 is 0 Å². The van der Waals surface area contributed by atoms with Crippen LogP contribution < -0.4 is 10.5 Å². The minimum Gasteiger partial charge on any atom is -0.495 e. The van der Waals surface area contributed by atoms with E-state index in [-0.39, 0.29) is 18.4 Å². The number of benzene rings is 1. The largest absolute Gasteiger partial charge is 0.495 e. The number of halogens is 2. The fourth-order valence-electron chi connectivity index (χ4n) is 1.47. The Kier molecular flexibility index (Phi) is 6.81. The average Bonchev–Trinajstić information content (AvgIpc) is 2.27. The maximum Gasteiger partial charge on any atom is 0.137 e. The quantitative estimate of drug-likeness (QED) is 0.897. The van der Waals surface area contributed by atoms with Gasteiger partial charge in [0.1, 0.15) is 5.75 Å². The molecule has 0 radical (unpaired) electrons. The van der Waals surface area contributed by atoms with Crippen LogP contribution in [0.4, 0.5) is 0 Å². The molecule has 0 aliphatic carbocycles. The van der Waals surface area contributed by atoms with Gasteiger partial charge in [-0.05, 0) is 23.6 Å². The normalized spacial score (nSPS) is 13.8. The SMILES string of the molecule is CCC(C)[C@H](N)c1ccc(Cl)c(OC)c1.Cl. The molecule has 16 heavy (non-hydrogen) atoms. The van der Waals surface area contributed by atoms with Crippen LogP contribution in [0.2, 0.25) is 5.02 Å². The third-order valence-corrected chi connectivity index (χ3v) is 3.13. The molecule has 0 spiro atoms. The van der Waals surface area contributed by atoms with E-state index in [0.717, 1.165) is 12.0 Å². The van der Waals surface area contributed by atoms with E-state index in [1.807, 2.05) is 18.2 Å². The number of nitrogens with two attached hydrogens (primary N) is 1. The summed E-state index contributed by atoms with van der Waals surface area (Å²) >= 11 is 5.95. The fourth-order valence-corrected chi connectivity index (χ4v) is 1.66. The van der Waals surface area contributed by atoms with Gasteiger partial charge in [-0.3, -0.25) is 0 Å². The Hall–Kier alpha value is -0.440. The summed E-state index contributed by atoms with van der Waals surface area (Å²) in [5.41, 5.74) is 7.20. The van der Waals surface area contributed by atoms with Gasteiger partial charge in [0.2, 0.25) is 0 Å². The monoisotopic (exact) mass is 263 g/mol. The third-order valence-electron chi connectivity index (χ3n) is 2.82. The van der Waals surface area contributed by atoms with E-state index in [9.17, 15) is 0 Å². The Morgan fingerprint density at radius 1 is 1.44 bits per heavy atom. The molecule has 1 unspecified atom stereocenters. The van der Waals surface area contributed by atoms with Crippen LogP contribution in [0.3, 0.4) is 0 Å². The molecule has 1 aromatic rings. The minimum atomic E-state index is 0. The molecule has 4 heteroatoms. The highest BCUT2D eigenvalue weighted by Gasteiger charge is 2.14. The summed E-state index contributed by atoms with van der Waals surface area (Å²) in [5, 5.41) is 0.623. The molecule has 2 atom stereocenters. The molecule has 2 N–H and O–H groups in total. The summed E-state index contributed by atoms with van der Waals surface area (Å²) < 4.78 is 5.16. The molecule has 0 aliphatic rings. The minimum absolute atomic E-state index is 0. The first-order valence-electron chi connectivity index (χ1n) is 5.19. The molecule has 0 fully saturated rings. The van der Waals surface area contributed by atoms with Gasteiger partial charge in [0.05, 0.1) is 12.1 Å². The Labute approximate surface area is 109 Å². The predicted octanol–water partition coefficient (Wildman–Crippen LogP) is 3.82. The van der Waals surface area contributed by atoms with Crippen molar-refractivity contribution in [2.24, 2.45) is 11.7 Å². The molecule has 1 aromatic carbocycles. The van der Waals surface area contributed by atoms with Crippen molar-refractivity contribution in [1.82, 2.24) is 0 Å². The van der Waals surface area contributed by atoms with Gasteiger partial charge in [-0.2, -0.15) is 0 Å². The molecule has 2 nitrogen and oxygen atoms in total. The van der Waals surface area contributed by atoms with Gasteiger partial charge in [0.15, 0.2) is 0 Å². The lowest BCUT2D eigenvalue weighted by Crippen LogP contribution is -2.18. The summed E-state index contributed by atoms with van der Waals surface area (Å²) in [4.78, 5) is 0. The Morgan fingerprint density at radius 2 is 2.06 bits per heavy atom. The standard InChI is InChI=1S/C12H18ClNO.ClH/c1-4-8(2)12(14)9-5-6-10(13)11(7-9)15-3;/h5-8,12H,4,14H2,1-3H3;1H/t8?,12-;/m0./s1. The van der Waals surface area contributed by atoms with Gasteiger partial charge in [-0.1, -0.05) is 37.9 Å².